The number of rotatable bonds is 4. The molecule has 1 unspecified atom stereocenters. The molecule has 0 aromatic heterocycles. The van der Waals surface area contributed by atoms with Gasteiger partial charge in [-0.3, -0.25) is 0 Å². The number of anilines is 2. The molecule has 2 rings (SSSR count). The third kappa shape index (κ3) is 3.66. The molecule has 1 aromatic rings. The van der Waals surface area contributed by atoms with Gasteiger partial charge >= 0.3 is 5.97 Å². The number of esters is 1. The van der Waals surface area contributed by atoms with Crippen molar-refractivity contribution in [3.05, 3.63) is 23.3 Å². The first-order chi connectivity index (χ1) is 9.82. The number of hydrogen-bond acceptors (Lipinski definition) is 6. The van der Waals surface area contributed by atoms with Gasteiger partial charge in [0.25, 0.3) is 0 Å². The standard InChI is InChI=1S/C14H20N2O4S/c1-9-5-11(6-12(13(9)15)14(17)20-2)16-7-10-3-4-21(18,19)8-10/h5-6,10,16H,3-4,7-8,15H2,1-2H3. The molecular weight excluding hydrogens is 292 g/mol. The van der Waals surface area contributed by atoms with Crippen molar-refractivity contribution >= 4 is 27.2 Å². The Morgan fingerprint density at radius 3 is 2.76 bits per heavy atom. The summed E-state index contributed by atoms with van der Waals surface area (Å²) in [4.78, 5) is 11.7. The Labute approximate surface area is 124 Å². The molecule has 116 valence electrons. The lowest BCUT2D eigenvalue weighted by atomic mass is 10.1. The first kappa shape index (κ1) is 15.6. The highest BCUT2D eigenvalue weighted by Gasteiger charge is 2.27. The van der Waals surface area contributed by atoms with Crippen molar-refractivity contribution in [2.24, 2.45) is 5.92 Å². The number of methoxy groups -OCH3 is 1. The van der Waals surface area contributed by atoms with Crippen LogP contribution >= 0.6 is 0 Å². The Hall–Kier alpha value is -1.76. The van der Waals surface area contributed by atoms with E-state index < -0.39 is 15.8 Å². The van der Waals surface area contributed by atoms with Gasteiger partial charge in [-0.2, -0.15) is 0 Å². The van der Waals surface area contributed by atoms with E-state index in [9.17, 15) is 13.2 Å². The first-order valence-corrected chi connectivity index (χ1v) is 8.57. The van der Waals surface area contributed by atoms with Crippen molar-refractivity contribution in [2.75, 3.05) is 36.2 Å². The van der Waals surface area contributed by atoms with E-state index in [1.807, 2.05) is 13.0 Å². The summed E-state index contributed by atoms with van der Waals surface area (Å²) in [6.07, 6.45) is 0.674. The summed E-state index contributed by atoms with van der Waals surface area (Å²) in [6, 6.07) is 3.48. The Bertz CT molecular complexity index is 655. The molecule has 1 saturated heterocycles. The highest BCUT2D eigenvalue weighted by atomic mass is 32.2. The lowest BCUT2D eigenvalue weighted by molar-refractivity contribution is 0.0602. The van der Waals surface area contributed by atoms with Crippen molar-refractivity contribution in [1.29, 1.82) is 0 Å². The molecule has 3 N–H and O–H groups in total. The summed E-state index contributed by atoms with van der Waals surface area (Å²) in [5.74, 6) is 0.0999. The minimum absolute atomic E-state index is 0.106. The molecule has 0 bridgehead atoms. The number of nitrogens with two attached hydrogens (primary N) is 1. The van der Waals surface area contributed by atoms with Gasteiger partial charge in [0, 0.05) is 17.9 Å². The molecule has 1 atom stereocenters. The molecule has 7 heteroatoms. The van der Waals surface area contributed by atoms with Gasteiger partial charge in [-0.1, -0.05) is 0 Å². The molecule has 6 nitrogen and oxygen atoms in total. The van der Waals surface area contributed by atoms with Crippen LogP contribution in [0.5, 0.6) is 0 Å². The van der Waals surface area contributed by atoms with Crippen molar-refractivity contribution < 1.29 is 17.9 Å². The van der Waals surface area contributed by atoms with Crippen LogP contribution in [0.1, 0.15) is 22.3 Å². The fourth-order valence-electron chi connectivity index (χ4n) is 2.47. The minimum atomic E-state index is -2.87. The van der Waals surface area contributed by atoms with Gasteiger partial charge in [-0.05, 0) is 37.0 Å². The smallest absolute Gasteiger partial charge is 0.340 e. The molecule has 1 aliphatic rings. The van der Waals surface area contributed by atoms with Crippen LogP contribution in [0.4, 0.5) is 11.4 Å². The van der Waals surface area contributed by atoms with Crippen LogP contribution in [-0.4, -0.2) is 39.5 Å². The van der Waals surface area contributed by atoms with E-state index in [1.54, 1.807) is 6.07 Å². The van der Waals surface area contributed by atoms with Crippen LogP contribution < -0.4 is 11.1 Å². The van der Waals surface area contributed by atoms with E-state index in [1.165, 1.54) is 7.11 Å². The monoisotopic (exact) mass is 312 g/mol. The third-order valence-corrected chi connectivity index (χ3v) is 5.55. The Morgan fingerprint density at radius 2 is 2.19 bits per heavy atom. The van der Waals surface area contributed by atoms with Crippen LogP contribution in [0.3, 0.4) is 0 Å². The second-order valence-corrected chi connectivity index (χ2v) is 7.62. The molecule has 0 saturated carbocycles. The van der Waals surface area contributed by atoms with E-state index >= 15 is 0 Å². The number of carbonyl (C=O) groups is 1. The molecule has 0 aliphatic carbocycles. The SMILES string of the molecule is COC(=O)c1cc(NCC2CCS(=O)(=O)C2)cc(C)c1N. The normalized spacial score (nSPS) is 20.2. The van der Waals surface area contributed by atoms with Crippen molar-refractivity contribution in [3.8, 4) is 0 Å². The van der Waals surface area contributed by atoms with E-state index in [2.05, 4.69) is 5.32 Å². The number of aryl methyl sites for hydroxylation is 1. The highest BCUT2D eigenvalue weighted by Crippen LogP contribution is 2.25. The van der Waals surface area contributed by atoms with Gasteiger partial charge in [0.1, 0.15) is 0 Å². The summed E-state index contributed by atoms with van der Waals surface area (Å²) in [6.45, 7) is 2.37. The van der Waals surface area contributed by atoms with Crippen LogP contribution in [0, 0.1) is 12.8 Å². The van der Waals surface area contributed by atoms with Crippen LogP contribution in [-0.2, 0) is 14.6 Å². The molecule has 1 aromatic carbocycles. The maximum atomic E-state index is 11.7. The maximum Gasteiger partial charge on any atom is 0.340 e. The Morgan fingerprint density at radius 1 is 1.48 bits per heavy atom. The number of ether oxygens (including phenoxy) is 1. The quantitative estimate of drug-likeness (QED) is 0.640. The fourth-order valence-corrected chi connectivity index (χ4v) is 4.34. The third-order valence-electron chi connectivity index (χ3n) is 3.71. The molecule has 1 fully saturated rings. The molecule has 1 heterocycles. The minimum Gasteiger partial charge on any atom is -0.465 e. The largest absolute Gasteiger partial charge is 0.465 e. The fraction of sp³-hybridized carbons (Fsp3) is 0.500. The second kappa shape index (κ2) is 5.93. The predicted molar refractivity (Wildman–Crippen MR) is 82.2 cm³/mol. The summed E-state index contributed by atoms with van der Waals surface area (Å²) in [7, 11) is -1.57. The van der Waals surface area contributed by atoms with Gasteiger partial charge in [-0.15, -0.1) is 0 Å². The van der Waals surface area contributed by atoms with Crippen LogP contribution in [0.25, 0.3) is 0 Å². The molecule has 21 heavy (non-hydrogen) atoms. The molecular formula is C14H20N2O4S. The lowest BCUT2D eigenvalue weighted by Gasteiger charge is -2.14. The van der Waals surface area contributed by atoms with Crippen molar-refractivity contribution in [3.63, 3.8) is 0 Å². The molecule has 1 aliphatic heterocycles. The Kier molecular flexibility index (Phi) is 4.41. The van der Waals surface area contributed by atoms with Gasteiger partial charge < -0.3 is 15.8 Å². The average molecular weight is 312 g/mol. The zero-order valence-corrected chi connectivity index (χ0v) is 13.0. The number of nitrogen functional groups attached to an aromatic ring is 1. The number of benzene rings is 1. The predicted octanol–water partition coefficient (Wildman–Crippen LogP) is 1.21. The summed E-state index contributed by atoms with van der Waals surface area (Å²) < 4.78 is 27.6. The van der Waals surface area contributed by atoms with E-state index in [0.717, 1.165) is 11.3 Å². The molecule has 0 radical (unpaired) electrons. The summed E-state index contributed by atoms with van der Waals surface area (Å²) in [5, 5.41) is 3.18. The van der Waals surface area contributed by atoms with Crippen molar-refractivity contribution in [2.45, 2.75) is 13.3 Å². The lowest BCUT2D eigenvalue weighted by Crippen LogP contribution is -2.16. The number of hydrogen-bond donors (Lipinski definition) is 2. The summed E-state index contributed by atoms with van der Waals surface area (Å²) in [5.41, 5.74) is 8.11. The number of nitrogens with one attached hydrogen (secondary N) is 1. The topological polar surface area (TPSA) is 98.5 Å². The van der Waals surface area contributed by atoms with Crippen LogP contribution in [0.15, 0.2) is 12.1 Å². The van der Waals surface area contributed by atoms with E-state index in [-0.39, 0.29) is 17.4 Å². The highest BCUT2D eigenvalue weighted by molar-refractivity contribution is 7.91. The Balaban J connectivity index is 2.10. The van der Waals surface area contributed by atoms with Crippen LogP contribution in [0.2, 0.25) is 0 Å². The number of carbonyl (C=O) groups excluding carboxylic acids is 1. The van der Waals surface area contributed by atoms with Gasteiger partial charge in [0.05, 0.1) is 24.2 Å². The van der Waals surface area contributed by atoms with E-state index in [4.69, 9.17) is 10.5 Å². The second-order valence-electron chi connectivity index (χ2n) is 5.40. The summed E-state index contributed by atoms with van der Waals surface area (Å²) >= 11 is 0. The molecule has 0 amide bonds. The average Bonchev–Trinajstić information content (AvgIpc) is 2.78. The van der Waals surface area contributed by atoms with Crippen molar-refractivity contribution in [1.82, 2.24) is 0 Å². The molecule has 0 spiro atoms. The zero-order valence-electron chi connectivity index (χ0n) is 12.2. The van der Waals surface area contributed by atoms with Gasteiger partial charge in [-0.25, -0.2) is 13.2 Å². The maximum absolute atomic E-state index is 11.7. The first-order valence-electron chi connectivity index (χ1n) is 6.75. The number of sulfone groups is 1. The van der Waals surface area contributed by atoms with E-state index in [0.29, 0.717) is 24.2 Å². The zero-order chi connectivity index (χ0) is 15.6. The van der Waals surface area contributed by atoms with Gasteiger partial charge in [0.15, 0.2) is 9.84 Å². The van der Waals surface area contributed by atoms with Gasteiger partial charge in [0.2, 0.25) is 0 Å².